The molecule has 7 rings (SSSR count). The number of nitrogens with zero attached hydrogens (tertiary/aromatic N) is 1. The fraction of sp³-hybridized carbons (Fsp3) is 0.176. The molecule has 0 aliphatic heterocycles. The van der Waals surface area contributed by atoms with Crippen LogP contribution in [0.1, 0.15) is 0 Å². The molecule has 0 unspecified atom stereocenters. The van der Waals surface area contributed by atoms with E-state index in [-0.39, 0.29) is 18.9 Å². The summed E-state index contributed by atoms with van der Waals surface area (Å²) in [5.41, 5.74) is 1.51. The predicted octanol–water partition coefficient (Wildman–Crippen LogP) is 4.06. The third-order valence-corrected chi connectivity index (χ3v) is 19.3. The fourth-order valence-corrected chi connectivity index (χ4v) is 17.0. The molecule has 0 radical (unpaired) electrons. The second-order valence-electron chi connectivity index (χ2n) is 15.5. The minimum Gasteiger partial charge on any atom is -0.339 e. The van der Waals surface area contributed by atoms with Gasteiger partial charge in [-0.2, -0.15) is 0 Å². The summed E-state index contributed by atoms with van der Waals surface area (Å²) in [5, 5.41) is 8.74. The molecule has 0 saturated heterocycles. The van der Waals surface area contributed by atoms with E-state index in [4.69, 9.17) is 0 Å². The van der Waals surface area contributed by atoms with Crippen molar-refractivity contribution in [3.8, 4) is 0 Å². The summed E-state index contributed by atoms with van der Waals surface area (Å²) in [6.45, 7) is 2.41. The number of likely N-dealkylation sites (N-methyl/N-ethyl adjacent to an activating group) is 2. The third kappa shape index (κ3) is 13.2. The van der Waals surface area contributed by atoms with Gasteiger partial charge in [-0.3, -0.25) is 0 Å². The standard InChI is InChI=1S/C45H41BP3.C6H16N2.Li/c1-8-22-39(23-9-1)46(36-47(40-24-10-2-11-25-40)41-26-12-3-13-27-41,37-48(42-28-14-4-15-29-42)43-30-16-5-17-31-43)38-49(44-32-18-6-19-33-44)45-34-20-7-21-35-45;1-7(2)5-6-8(3)4;/h1-35H,36-38H2;5-6H2,1-4H3;/q-1;;+1/p+1. The molecule has 0 fully saturated rings. The van der Waals surface area contributed by atoms with E-state index in [1.165, 1.54) is 55.3 Å². The maximum atomic E-state index is 2.45. The molecule has 7 aromatic carbocycles. The van der Waals surface area contributed by atoms with E-state index in [9.17, 15) is 0 Å². The molecule has 1 N–H and O–H groups in total. The maximum Gasteiger partial charge on any atom is 1.00 e. The van der Waals surface area contributed by atoms with Crippen LogP contribution in [0.15, 0.2) is 212 Å². The van der Waals surface area contributed by atoms with Gasteiger partial charge in [-0.1, -0.05) is 236 Å². The van der Waals surface area contributed by atoms with Crippen LogP contribution in [0.3, 0.4) is 0 Å². The second kappa shape index (κ2) is 23.9. The Kier molecular flexibility index (Phi) is 18.7. The zero-order valence-corrected chi connectivity index (χ0v) is 37.8. The van der Waals surface area contributed by atoms with Gasteiger partial charge in [-0.05, 0) is 45.9 Å². The van der Waals surface area contributed by atoms with Crippen molar-refractivity contribution in [1.82, 2.24) is 4.90 Å². The smallest absolute Gasteiger partial charge is 0.339 e. The first kappa shape index (κ1) is 45.5. The minimum atomic E-state index is -1.14. The van der Waals surface area contributed by atoms with Gasteiger partial charge >= 0.3 is 18.9 Å². The zero-order valence-electron chi connectivity index (χ0n) is 35.1. The van der Waals surface area contributed by atoms with Gasteiger partial charge in [0.25, 0.3) is 0 Å². The van der Waals surface area contributed by atoms with Gasteiger partial charge < -0.3 is 9.80 Å². The Balaban J connectivity index is 0.000000646. The molecule has 0 amide bonds. The Labute approximate surface area is 365 Å². The number of rotatable bonds is 16. The van der Waals surface area contributed by atoms with Gasteiger partial charge in [0.15, 0.2) is 0 Å². The third-order valence-electron chi connectivity index (χ3n) is 10.6. The number of hydrogen-bond acceptors (Lipinski definition) is 1. The van der Waals surface area contributed by atoms with Crippen LogP contribution in [0.25, 0.3) is 0 Å². The first-order chi connectivity index (χ1) is 27.9. The van der Waals surface area contributed by atoms with Crippen molar-refractivity contribution in [3.63, 3.8) is 0 Å². The average Bonchev–Trinajstić information content (AvgIpc) is 3.28. The van der Waals surface area contributed by atoms with Crippen molar-refractivity contribution in [1.29, 1.82) is 0 Å². The first-order valence-electron chi connectivity index (χ1n) is 20.2. The van der Waals surface area contributed by atoms with Crippen molar-refractivity contribution >= 4 is 67.2 Å². The summed E-state index contributed by atoms with van der Waals surface area (Å²) in [6.07, 6.45) is -1.14. The molecule has 7 heteroatoms. The summed E-state index contributed by atoms with van der Waals surface area (Å²) < 4.78 is 0. The second-order valence-corrected chi connectivity index (χ2v) is 22.3. The van der Waals surface area contributed by atoms with Gasteiger partial charge in [0.1, 0.15) is 0 Å². The van der Waals surface area contributed by atoms with Crippen LogP contribution in [-0.4, -0.2) is 70.5 Å². The normalized spacial score (nSPS) is 11.4. The van der Waals surface area contributed by atoms with Crippen molar-refractivity contribution in [2.45, 2.75) is 0 Å². The van der Waals surface area contributed by atoms with Crippen LogP contribution in [0.5, 0.6) is 0 Å². The summed E-state index contributed by atoms with van der Waals surface area (Å²) in [7, 11) is 6.59. The molecular formula is C51H58BLiN2P3+. The van der Waals surface area contributed by atoms with Crippen LogP contribution in [-0.2, 0) is 0 Å². The first-order valence-corrected chi connectivity index (χ1v) is 24.8. The zero-order chi connectivity index (χ0) is 39.7. The molecule has 0 bridgehead atoms. The van der Waals surface area contributed by atoms with Gasteiger partial charge in [0, 0.05) is 12.7 Å². The predicted molar refractivity (Wildman–Crippen MR) is 260 cm³/mol. The van der Waals surface area contributed by atoms with Crippen LogP contribution in [0.4, 0.5) is 0 Å². The van der Waals surface area contributed by atoms with E-state index in [0.29, 0.717) is 0 Å². The molecule has 7 aromatic rings. The van der Waals surface area contributed by atoms with Crippen molar-refractivity contribution in [2.75, 3.05) is 59.5 Å². The Hall–Kier alpha value is -3.59. The Bertz CT molecular complexity index is 1800. The molecular weight excluding hydrogens is 751 g/mol. The van der Waals surface area contributed by atoms with E-state index in [2.05, 4.69) is 245 Å². The molecule has 0 spiro atoms. The molecule has 0 aromatic heterocycles. The quantitative estimate of drug-likeness (QED) is 0.115. The summed E-state index contributed by atoms with van der Waals surface area (Å²) in [6, 6.07) is 83.2. The van der Waals surface area contributed by atoms with Crippen molar-refractivity contribution in [3.05, 3.63) is 212 Å². The van der Waals surface area contributed by atoms with E-state index >= 15 is 0 Å². The van der Waals surface area contributed by atoms with Crippen molar-refractivity contribution in [2.24, 2.45) is 0 Å². The van der Waals surface area contributed by atoms with Gasteiger partial charge in [0.2, 0.25) is 0 Å². The number of benzene rings is 7. The summed E-state index contributed by atoms with van der Waals surface area (Å²) >= 11 is 0. The summed E-state index contributed by atoms with van der Waals surface area (Å²) in [5.74, 6) is 0. The van der Waals surface area contributed by atoms with Gasteiger partial charge in [0.05, 0.1) is 20.6 Å². The molecule has 0 heterocycles. The Morgan fingerprint density at radius 1 is 0.379 bits per heavy atom. The largest absolute Gasteiger partial charge is 1.00 e. The number of hydrogen-bond donors (Lipinski definition) is 1. The molecule has 0 atom stereocenters. The van der Waals surface area contributed by atoms with E-state index < -0.39 is 29.9 Å². The molecule has 58 heavy (non-hydrogen) atoms. The monoisotopic (exact) mass is 809 g/mol. The Morgan fingerprint density at radius 2 is 0.603 bits per heavy atom. The van der Waals surface area contributed by atoms with Crippen LogP contribution in [0, 0.1) is 0 Å². The van der Waals surface area contributed by atoms with Gasteiger partial charge in [-0.15, -0.1) is 18.2 Å². The molecule has 2 nitrogen and oxygen atoms in total. The van der Waals surface area contributed by atoms with E-state index in [0.717, 1.165) is 18.2 Å². The van der Waals surface area contributed by atoms with Crippen LogP contribution < -0.4 is 61.1 Å². The average molecular weight is 810 g/mol. The number of nitrogens with one attached hydrogen (secondary N) is 1. The molecule has 0 saturated carbocycles. The molecule has 0 aliphatic carbocycles. The topological polar surface area (TPSA) is 7.68 Å². The van der Waals surface area contributed by atoms with E-state index in [1.54, 1.807) is 0 Å². The van der Waals surface area contributed by atoms with Crippen LogP contribution >= 0.6 is 23.8 Å². The Morgan fingerprint density at radius 3 is 0.793 bits per heavy atom. The number of quaternary nitrogens is 1. The fourth-order valence-electron chi connectivity index (χ4n) is 7.57. The minimum absolute atomic E-state index is 0. The van der Waals surface area contributed by atoms with Gasteiger partial charge in [-0.25, -0.2) is 5.46 Å². The molecule has 0 aliphatic rings. The molecule has 290 valence electrons. The SMILES string of the molecule is CN(C)CC[NH+](C)C.[Li+].c1ccc(P(C[B-](CP(c2ccccc2)c2ccccc2)(CP(c2ccccc2)c2ccccc2)c2ccccc2)c2ccccc2)cc1. The van der Waals surface area contributed by atoms with Crippen molar-refractivity contribution < 1.29 is 23.8 Å². The summed E-state index contributed by atoms with van der Waals surface area (Å²) in [4.78, 5) is 3.71. The van der Waals surface area contributed by atoms with Crippen LogP contribution in [0.2, 0.25) is 0 Å². The maximum absolute atomic E-state index is 2.45. The van der Waals surface area contributed by atoms with E-state index in [1.807, 2.05) is 0 Å².